The van der Waals surface area contributed by atoms with Gasteiger partial charge in [0.2, 0.25) is 0 Å². The summed E-state index contributed by atoms with van der Waals surface area (Å²) in [6.07, 6.45) is 20.6. The topological polar surface area (TPSA) is 17.1 Å². The number of rotatable bonds is 9. The van der Waals surface area contributed by atoms with E-state index in [4.69, 9.17) is 0 Å². The van der Waals surface area contributed by atoms with Crippen LogP contribution in [0.3, 0.4) is 0 Å². The molecule has 0 amide bonds. The molecule has 2 saturated carbocycles. The van der Waals surface area contributed by atoms with Crippen LogP contribution in [0.25, 0.3) is 0 Å². The van der Waals surface area contributed by atoms with Gasteiger partial charge in [0.15, 0.2) is 5.78 Å². The normalized spacial score (nSPS) is 31.7. The van der Waals surface area contributed by atoms with Gasteiger partial charge in [-0.2, -0.15) is 0 Å². The van der Waals surface area contributed by atoms with Crippen molar-refractivity contribution in [3.05, 3.63) is 12.7 Å². The number of carbonyl (C=O) groups excluding carboxylic acids is 1. The Morgan fingerprint density at radius 3 is 1.87 bits per heavy atom. The summed E-state index contributed by atoms with van der Waals surface area (Å²) in [5, 5.41) is 0. The van der Waals surface area contributed by atoms with E-state index >= 15 is 0 Å². The summed E-state index contributed by atoms with van der Waals surface area (Å²) in [7, 11) is 0. The summed E-state index contributed by atoms with van der Waals surface area (Å²) in [6, 6.07) is 0. The van der Waals surface area contributed by atoms with E-state index in [1.165, 1.54) is 83.1 Å². The molecule has 1 heteroatoms. The first kappa shape index (κ1) is 18.7. The van der Waals surface area contributed by atoms with Gasteiger partial charge in [0.05, 0.1) is 0 Å². The summed E-state index contributed by atoms with van der Waals surface area (Å²) in [5.41, 5.74) is 0. The summed E-state index contributed by atoms with van der Waals surface area (Å²) in [6.45, 7) is 5.88. The first-order chi connectivity index (χ1) is 11.2. The smallest absolute Gasteiger partial charge is 0.155 e. The van der Waals surface area contributed by atoms with Crippen LogP contribution in [0.15, 0.2) is 12.7 Å². The van der Waals surface area contributed by atoms with E-state index in [2.05, 4.69) is 13.5 Å². The molecule has 0 aromatic carbocycles. The molecule has 0 aliphatic heterocycles. The second kappa shape index (κ2) is 10.3. The highest BCUT2D eigenvalue weighted by atomic mass is 16.1. The largest absolute Gasteiger partial charge is 0.295 e. The summed E-state index contributed by atoms with van der Waals surface area (Å²) in [5.74, 6) is 4.10. The van der Waals surface area contributed by atoms with E-state index in [1.807, 2.05) is 0 Å². The van der Waals surface area contributed by atoms with Gasteiger partial charge in [-0.25, -0.2) is 0 Å². The van der Waals surface area contributed by atoms with Crippen LogP contribution < -0.4 is 0 Å². The average Bonchev–Trinajstić information content (AvgIpc) is 2.61. The molecule has 132 valence electrons. The lowest BCUT2D eigenvalue weighted by atomic mass is 9.68. The van der Waals surface area contributed by atoms with Gasteiger partial charge in [-0.3, -0.25) is 4.79 Å². The molecule has 0 bridgehead atoms. The fourth-order valence-electron chi connectivity index (χ4n) is 5.03. The van der Waals surface area contributed by atoms with Crippen molar-refractivity contribution in [2.45, 2.75) is 96.8 Å². The van der Waals surface area contributed by atoms with Gasteiger partial charge in [-0.15, -0.1) is 0 Å². The lowest BCUT2D eigenvalue weighted by molar-refractivity contribution is -0.114. The molecule has 0 aromatic rings. The molecule has 0 heterocycles. The predicted molar refractivity (Wildman–Crippen MR) is 99.5 cm³/mol. The van der Waals surface area contributed by atoms with Crippen molar-refractivity contribution in [3.63, 3.8) is 0 Å². The highest BCUT2D eigenvalue weighted by Crippen LogP contribution is 2.43. The van der Waals surface area contributed by atoms with Gasteiger partial charge in [0, 0.05) is 6.42 Å². The summed E-state index contributed by atoms with van der Waals surface area (Å²) < 4.78 is 0. The van der Waals surface area contributed by atoms with Crippen molar-refractivity contribution < 1.29 is 4.79 Å². The SMILES string of the molecule is C=CC(=O)CCC1CCC(C2CCC(CCCCC)CC2)CC1. The number of hydrogen-bond acceptors (Lipinski definition) is 1. The molecule has 0 N–H and O–H groups in total. The maximum absolute atomic E-state index is 11.4. The average molecular weight is 319 g/mol. The number of carbonyl (C=O) groups is 1. The Bertz CT molecular complexity index is 343. The van der Waals surface area contributed by atoms with Gasteiger partial charge in [-0.05, 0) is 61.9 Å². The third kappa shape index (κ3) is 6.43. The van der Waals surface area contributed by atoms with E-state index in [0.29, 0.717) is 0 Å². The monoisotopic (exact) mass is 318 g/mol. The van der Waals surface area contributed by atoms with Crippen LogP contribution in [-0.4, -0.2) is 5.78 Å². The zero-order valence-electron chi connectivity index (χ0n) is 15.4. The van der Waals surface area contributed by atoms with Crippen LogP contribution in [0.2, 0.25) is 0 Å². The van der Waals surface area contributed by atoms with E-state index in [0.717, 1.165) is 36.5 Å². The number of allylic oxidation sites excluding steroid dienone is 1. The first-order valence-electron chi connectivity index (χ1n) is 10.4. The zero-order valence-corrected chi connectivity index (χ0v) is 15.4. The number of ketones is 1. The van der Waals surface area contributed by atoms with Crippen LogP contribution >= 0.6 is 0 Å². The summed E-state index contributed by atoms with van der Waals surface area (Å²) >= 11 is 0. The molecule has 1 nitrogen and oxygen atoms in total. The van der Waals surface area contributed by atoms with Crippen molar-refractivity contribution in [2.75, 3.05) is 0 Å². The maximum Gasteiger partial charge on any atom is 0.155 e. The Morgan fingerprint density at radius 1 is 0.870 bits per heavy atom. The van der Waals surface area contributed by atoms with E-state index in [9.17, 15) is 4.79 Å². The second-order valence-corrected chi connectivity index (χ2v) is 8.27. The Hall–Kier alpha value is -0.590. The Labute approximate surface area is 144 Å². The minimum absolute atomic E-state index is 0.230. The highest BCUT2D eigenvalue weighted by Gasteiger charge is 2.30. The van der Waals surface area contributed by atoms with Crippen molar-refractivity contribution >= 4 is 5.78 Å². The standard InChI is InChI=1S/C22H38O/c1-3-5-6-7-18-8-13-20(14-9-18)21-15-10-19(11-16-21)12-17-22(23)4-2/h4,18-21H,2-3,5-17H2,1H3. The summed E-state index contributed by atoms with van der Waals surface area (Å²) in [4.78, 5) is 11.4. The molecular weight excluding hydrogens is 280 g/mol. The fraction of sp³-hybridized carbons (Fsp3) is 0.864. The van der Waals surface area contributed by atoms with Gasteiger partial charge in [0.25, 0.3) is 0 Å². The highest BCUT2D eigenvalue weighted by molar-refractivity contribution is 5.88. The lowest BCUT2D eigenvalue weighted by Crippen LogP contribution is -2.26. The minimum atomic E-state index is 0.230. The van der Waals surface area contributed by atoms with Crippen molar-refractivity contribution in [1.29, 1.82) is 0 Å². The predicted octanol–water partition coefficient (Wildman–Crippen LogP) is 6.71. The van der Waals surface area contributed by atoms with Crippen LogP contribution in [0.4, 0.5) is 0 Å². The van der Waals surface area contributed by atoms with Crippen LogP contribution in [-0.2, 0) is 4.79 Å². The molecule has 2 fully saturated rings. The Morgan fingerprint density at radius 2 is 1.39 bits per heavy atom. The van der Waals surface area contributed by atoms with E-state index in [-0.39, 0.29) is 5.78 Å². The molecule has 2 aliphatic carbocycles. The molecule has 0 spiro atoms. The molecule has 0 radical (unpaired) electrons. The van der Waals surface area contributed by atoms with Crippen LogP contribution in [0.5, 0.6) is 0 Å². The van der Waals surface area contributed by atoms with Crippen molar-refractivity contribution in [3.8, 4) is 0 Å². The third-order valence-corrected chi connectivity index (χ3v) is 6.69. The molecule has 23 heavy (non-hydrogen) atoms. The van der Waals surface area contributed by atoms with Gasteiger partial charge >= 0.3 is 0 Å². The second-order valence-electron chi connectivity index (χ2n) is 8.27. The molecule has 0 saturated heterocycles. The van der Waals surface area contributed by atoms with E-state index < -0.39 is 0 Å². The van der Waals surface area contributed by atoms with E-state index in [1.54, 1.807) is 0 Å². The zero-order chi connectivity index (χ0) is 16.5. The molecule has 2 aliphatic rings. The quantitative estimate of drug-likeness (QED) is 0.341. The minimum Gasteiger partial charge on any atom is -0.295 e. The fourth-order valence-corrected chi connectivity index (χ4v) is 5.03. The molecule has 0 atom stereocenters. The van der Waals surface area contributed by atoms with Crippen LogP contribution in [0, 0.1) is 23.7 Å². The van der Waals surface area contributed by atoms with Crippen molar-refractivity contribution in [1.82, 2.24) is 0 Å². The van der Waals surface area contributed by atoms with Crippen LogP contribution in [0.1, 0.15) is 96.8 Å². The third-order valence-electron chi connectivity index (χ3n) is 6.69. The molecule has 0 unspecified atom stereocenters. The van der Waals surface area contributed by atoms with Gasteiger partial charge in [0.1, 0.15) is 0 Å². The first-order valence-corrected chi connectivity index (χ1v) is 10.4. The molecular formula is C22H38O. The number of hydrogen-bond donors (Lipinski definition) is 0. The molecule has 2 rings (SSSR count). The van der Waals surface area contributed by atoms with Gasteiger partial charge in [-0.1, -0.05) is 64.9 Å². The van der Waals surface area contributed by atoms with Gasteiger partial charge < -0.3 is 0 Å². The Balaban J connectivity index is 1.61. The molecule has 0 aromatic heterocycles. The lowest BCUT2D eigenvalue weighted by Gasteiger charge is -2.38. The van der Waals surface area contributed by atoms with Crippen molar-refractivity contribution in [2.24, 2.45) is 23.7 Å². The Kier molecular flexibility index (Phi) is 8.40. The number of unbranched alkanes of at least 4 members (excludes halogenated alkanes) is 2. The maximum atomic E-state index is 11.4.